The second kappa shape index (κ2) is 4.14. The van der Waals surface area contributed by atoms with Crippen molar-refractivity contribution in [1.29, 1.82) is 0 Å². The molecule has 0 fully saturated rings. The van der Waals surface area contributed by atoms with Gasteiger partial charge in [-0.2, -0.15) is 0 Å². The van der Waals surface area contributed by atoms with Crippen LogP contribution in [0.3, 0.4) is 0 Å². The van der Waals surface area contributed by atoms with E-state index >= 15 is 0 Å². The van der Waals surface area contributed by atoms with Crippen molar-refractivity contribution < 1.29 is 9.21 Å². The van der Waals surface area contributed by atoms with Crippen LogP contribution in [0, 0.1) is 6.92 Å². The van der Waals surface area contributed by atoms with Crippen LogP contribution in [-0.4, -0.2) is 10.8 Å². The fourth-order valence-corrected chi connectivity index (χ4v) is 2.44. The summed E-state index contributed by atoms with van der Waals surface area (Å²) in [6.07, 6.45) is 3.24. The van der Waals surface area contributed by atoms with Gasteiger partial charge in [0.05, 0.1) is 11.8 Å². The minimum atomic E-state index is -0.0486. The van der Waals surface area contributed by atoms with Crippen molar-refractivity contribution in [3.63, 3.8) is 0 Å². The highest BCUT2D eigenvalue weighted by molar-refractivity contribution is 9.10. The first-order valence-electron chi connectivity index (χ1n) is 5.52. The molecule has 0 saturated heterocycles. The molecule has 0 radical (unpaired) electrons. The van der Waals surface area contributed by atoms with Crippen LogP contribution in [0.4, 0.5) is 0 Å². The lowest BCUT2D eigenvalue weighted by Gasteiger charge is -1.98. The van der Waals surface area contributed by atoms with Crippen LogP contribution in [0.5, 0.6) is 0 Å². The van der Waals surface area contributed by atoms with E-state index in [0.717, 1.165) is 16.5 Å². The van der Waals surface area contributed by atoms with Crippen LogP contribution in [0.15, 0.2) is 45.8 Å². The van der Waals surface area contributed by atoms with Crippen LogP contribution in [-0.2, 0) is 0 Å². The highest BCUT2D eigenvalue weighted by atomic mass is 79.9. The summed E-state index contributed by atoms with van der Waals surface area (Å²) in [7, 11) is 0. The number of rotatable bonds is 2. The Morgan fingerprint density at radius 1 is 1.28 bits per heavy atom. The summed E-state index contributed by atoms with van der Waals surface area (Å²) in [5.74, 6) is -0.0486. The number of aryl methyl sites for hydroxylation is 1. The molecule has 0 atom stereocenters. The third kappa shape index (κ3) is 1.69. The fraction of sp³-hybridized carbons (Fsp3) is 0.0714. The monoisotopic (exact) mass is 303 g/mol. The molecule has 1 aromatic carbocycles. The zero-order valence-corrected chi connectivity index (χ0v) is 11.2. The van der Waals surface area contributed by atoms with Crippen molar-refractivity contribution in [3.8, 4) is 0 Å². The number of benzene rings is 1. The van der Waals surface area contributed by atoms with E-state index in [2.05, 4.69) is 20.9 Å². The third-order valence-corrected chi connectivity index (χ3v) is 3.56. The molecule has 2 heterocycles. The summed E-state index contributed by atoms with van der Waals surface area (Å²) in [6, 6.07) is 7.67. The van der Waals surface area contributed by atoms with Gasteiger partial charge in [0, 0.05) is 22.7 Å². The Kier molecular flexibility index (Phi) is 2.59. The molecule has 0 amide bonds. The Morgan fingerprint density at radius 2 is 2.11 bits per heavy atom. The lowest BCUT2D eigenvalue weighted by atomic mass is 10.0. The molecule has 18 heavy (non-hydrogen) atoms. The molecule has 0 spiro atoms. The summed E-state index contributed by atoms with van der Waals surface area (Å²) in [6.45, 7) is 2.01. The molecule has 0 unspecified atom stereocenters. The number of furan rings is 1. The number of nitrogens with one attached hydrogen (secondary N) is 1. The van der Waals surface area contributed by atoms with E-state index in [9.17, 15) is 4.79 Å². The lowest BCUT2D eigenvalue weighted by molar-refractivity contribution is 0.103. The van der Waals surface area contributed by atoms with Crippen LogP contribution < -0.4 is 0 Å². The van der Waals surface area contributed by atoms with E-state index in [0.29, 0.717) is 15.8 Å². The lowest BCUT2D eigenvalue weighted by Crippen LogP contribution is -1.99. The van der Waals surface area contributed by atoms with E-state index in [1.807, 2.05) is 25.1 Å². The van der Waals surface area contributed by atoms with Gasteiger partial charge >= 0.3 is 0 Å². The summed E-state index contributed by atoms with van der Waals surface area (Å²) in [5, 5.41) is 0.938. The van der Waals surface area contributed by atoms with Gasteiger partial charge in [-0.25, -0.2) is 0 Å². The number of fused-ring (bicyclic) bond motifs is 1. The molecule has 0 saturated carbocycles. The van der Waals surface area contributed by atoms with Gasteiger partial charge < -0.3 is 9.40 Å². The molecule has 0 bridgehead atoms. The van der Waals surface area contributed by atoms with Gasteiger partial charge in [-0.15, -0.1) is 0 Å². The number of carbonyl (C=O) groups excluding carboxylic acids is 1. The van der Waals surface area contributed by atoms with Gasteiger partial charge in [-0.1, -0.05) is 11.6 Å². The molecular weight excluding hydrogens is 294 g/mol. The van der Waals surface area contributed by atoms with E-state index < -0.39 is 0 Å². The van der Waals surface area contributed by atoms with Crippen LogP contribution in [0.2, 0.25) is 0 Å². The Hall–Kier alpha value is -1.81. The molecule has 0 aliphatic rings. The Bertz CT molecular complexity index is 739. The van der Waals surface area contributed by atoms with Gasteiger partial charge in [0.2, 0.25) is 0 Å². The maximum Gasteiger partial charge on any atom is 0.199 e. The zero-order chi connectivity index (χ0) is 12.7. The van der Waals surface area contributed by atoms with Crippen LogP contribution in [0.1, 0.15) is 21.5 Å². The van der Waals surface area contributed by atoms with Crippen molar-refractivity contribution >= 4 is 32.6 Å². The summed E-state index contributed by atoms with van der Waals surface area (Å²) in [5.41, 5.74) is 3.29. The Labute approximate surface area is 112 Å². The highest BCUT2D eigenvalue weighted by Crippen LogP contribution is 2.26. The minimum Gasteiger partial charge on any atom is -0.457 e. The van der Waals surface area contributed by atoms with Gasteiger partial charge in [0.15, 0.2) is 10.5 Å². The second-order valence-electron chi connectivity index (χ2n) is 4.19. The molecule has 3 nitrogen and oxygen atoms in total. The minimum absolute atomic E-state index is 0.0486. The van der Waals surface area contributed by atoms with Gasteiger partial charge in [-0.3, -0.25) is 4.79 Å². The van der Waals surface area contributed by atoms with Crippen molar-refractivity contribution in [2.45, 2.75) is 6.92 Å². The molecule has 3 rings (SSSR count). The number of carbonyl (C=O) groups is 1. The summed E-state index contributed by atoms with van der Waals surface area (Å²) >= 11 is 3.23. The molecule has 90 valence electrons. The van der Waals surface area contributed by atoms with E-state index in [4.69, 9.17) is 4.42 Å². The van der Waals surface area contributed by atoms with Crippen molar-refractivity contribution in [2.75, 3.05) is 0 Å². The second-order valence-corrected chi connectivity index (χ2v) is 4.91. The number of H-pyrrole nitrogens is 1. The van der Waals surface area contributed by atoms with Crippen LogP contribution >= 0.6 is 15.9 Å². The quantitative estimate of drug-likeness (QED) is 0.726. The van der Waals surface area contributed by atoms with E-state index in [1.54, 1.807) is 12.3 Å². The predicted molar refractivity (Wildman–Crippen MR) is 72.9 cm³/mol. The van der Waals surface area contributed by atoms with Gasteiger partial charge in [0.25, 0.3) is 0 Å². The van der Waals surface area contributed by atoms with Crippen molar-refractivity contribution in [3.05, 3.63) is 58.1 Å². The number of hydrogen-bond donors (Lipinski definition) is 1. The first-order valence-corrected chi connectivity index (χ1v) is 6.31. The SMILES string of the molecule is Cc1ccc2[nH]cc(C(=O)c3ccoc3Br)c2c1. The maximum atomic E-state index is 12.4. The van der Waals surface area contributed by atoms with Crippen LogP contribution in [0.25, 0.3) is 10.9 Å². The molecule has 2 aromatic heterocycles. The third-order valence-electron chi connectivity index (χ3n) is 2.94. The van der Waals surface area contributed by atoms with Crippen molar-refractivity contribution in [1.82, 2.24) is 4.98 Å². The fourth-order valence-electron chi connectivity index (χ4n) is 2.02. The van der Waals surface area contributed by atoms with Gasteiger partial charge in [0.1, 0.15) is 0 Å². The standard InChI is InChI=1S/C14H10BrNO2/c1-8-2-3-12-10(6-8)11(7-16-12)13(17)9-4-5-18-14(9)15/h2-7,16H,1H3. The average molecular weight is 304 g/mol. The Balaban J connectivity index is 2.18. The first-order chi connectivity index (χ1) is 8.66. The zero-order valence-electron chi connectivity index (χ0n) is 9.66. The normalized spacial score (nSPS) is 11.0. The predicted octanol–water partition coefficient (Wildman–Crippen LogP) is 4.06. The number of halogens is 1. The topological polar surface area (TPSA) is 46.0 Å². The largest absolute Gasteiger partial charge is 0.457 e. The smallest absolute Gasteiger partial charge is 0.199 e. The van der Waals surface area contributed by atoms with E-state index in [1.165, 1.54) is 6.26 Å². The molecule has 3 aromatic rings. The summed E-state index contributed by atoms with van der Waals surface area (Å²) < 4.78 is 5.57. The average Bonchev–Trinajstić information content (AvgIpc) is 2.94. The highest BCUT2D eigenvalue weighted by Gasteiger charge is 2.18. The molecule has 4 heteroatoms. The van der Waals surface area contributed by atoms with E-state index in [-0.39, 0.29) is 5.78 Å². The Morgan fingerprint density at radius 3 is 2.83 bits per heavy atom. The first kappa shape index (κ1) is 11.3. The molecule has 0 aliphatic carbocycles. The van der Waals surface area contributed by atoms with Gasteiger partial charge in [-0.05, 0) is 41.1 Å². The number of aromatic amines is 1. The molecular formula is C14H10BrNO2. The summed E-state index contributed by atoms with van der Waals surface area (Å²) in [4.78, 5) is 15.5. The number of aromatic nitrogens is 1. The van der Waals surface area contributed by atoms with Crippen molar-refractivity contribution in [2.24, 2.45) is 0 Å². The maximum absolute atomic E-state index is 12.4. The molecule has 0 aliphatic heterocycles. The number of hydrogen-bond acceptors (Lipinski definition) is 2. The molecule has 1 N–H and O–H groups in total. The number of ketones is 1.